The number of nitrogens with one attached hydrogen (secondary N) is 1. The highest BCUT2D eigenvalue weighted by Gasteiger charge is 2.38. The Bertz CT molecular complexity index is 1470. The number of nitrogens with zero attached hydrogens (tertiary/aromatic N) is 3. The molecule has 2 aliphatic heterocycles. The number of pyridine rings is 1. The smallest absolute Gasteiger partial charge is 0.403 e. The van der Waals surface area contributed by atoms with Crippen LogP contribution in [-0.4, -0.2) is 40.5 Å². The van der Waals surface area contributed by atoms with E-state index in [0.29, 0.717) is 31.0 Å². The van der Waals surface area contributed by atoms with Crippen molar-refractivity contribution in [2.45, 2.75) is 51.4 Å². The van der Waals surface area contributed by atoms with Gasteiger partial charge in [-0.2, -0.15) is 22.0 Å². The first-order valence-electron chi connectivity index (χ1n) is 12.9. The van der Waals surface area contributed by atoms with Crippen LogP contribution in [-0.2, 0) is 15.8 Å². The number of carbonyl (C=O) groups is 2. The maximum absolute atomic E-state index is 14.9. The van der Waals surface area contributed by atoms with Crippen LogP contribution in [0, 0.1) is 11.7 Å². The van der Waals surface area contributed by atoms with E-state index in [4.69, 9.17) is 17.3 Å². The van der Waals surface area contributed by atoms with E-state index in [-0.39, 0.29) is 35.5 Å². The lowest BCUT2D eigenvalue weighted by molar-refractivity contribution is -0.138. The maximum Gasteiger partial charge on any atom is 0.417 e. The third-order valence-electron chi connectivity index (χ3n) is 7.16. The quantitative estimate of drug-likeness (QED) is 0.328. The minimum Gasteiger partial charge on any atom is -0.403 e. The molecule has 0 radical (unpaired) electrons. The maximum atomic E-state index is 14.9. The summed E-state index contributed by atoms with van der Waals surface area (Å²) in [7, 11) is 0. The summed E-state index contributed by atoms with van der Waals surface area (Å²) in [6.45, 7) is -1.58. The van der Waals surface area contributed by atoms with E-state index in [1.165, 1.54) is 23.2 Å². The van der Waals surface area contributed by atoms with Crippen LogP contribution in [0.3, 0.4) is 0 Å². The molecule has 7 nitrogen and oxygen atoms in total. The molecule has 14 heteroatoms. The standard InChI is InChI=1S/C28H26ClF6N5O2/c1-14-3-2-4-21(19-11-16(7-9-37-19)25(39-27(31)32)20(13-36)38-26(14)42)40-10-8-15(12-22(40)41)23-17(28(33,34)35)5-6-18(29)24(23)30/h5-7,9,11-14,21,27H,2-4,8,10,36H2,1H3,(H,38,42)/t14-,21+/m1/s1. The fourth-order valence-corrected chi connectivity index (χ4v) is 5.24. The van der Waals surface area contributed by atoms with E-state index >= 15 is 0 Å². The molecule has 3 N–H and O–H groups in total. The van der Waals surface area contributed by atoms with Crippen molar-refractivity contribution < 1.29 is 35.9 Å². The van der Waals surface area contributed by atoms with Crippen molar-refractivity contribution in [3.63, 3.8) is 0 Å². The van der Waals surface area contributed by atoms with Gasteiger partial charge in [0.15, 0.2) is 0 Å². The fraction of sp³-hybridized carbons (Fsp3) is 0.357. The van der Waals surface area contributed by atoms with Gasteiger partial charge in [-0.15, -0.1) is 0 Å². The summed E-state index contributed by atoms with van der Waals surface area (Å²) >= 11 is 5.78. The average Bonchev–Trinajstić information content (AvgIpc) is 2.93. The van der Waals surface area contributed by atoms with Crippen LogP contribution in [0.1, 0.15) is 61.0 Å². The highest BCUT2D eigenvalue weighted by atomic mass is 35.5. The van der Waals surface area contributed by atoms with Gasteiger partial charge < -0.3 is 16.0 Å². The molecule has 224 valence electrons. The highest BCUT2D eigenvalue weighted by molar-refractivity contribution is 6.31. The summed E-state index contributed by atoms with van der Waals surface area (Å²) in [5.74, 6) is -3.00. The molecule has 2 amide bonds. The molecule has 0 fully saturated rings. The van der Waals surface area contributed by atoms with Gasteiger partial charge in [-0.1, -0.05) is 24.9 Å². The van der Waals surface area contributed by atoms with Crippen LogP contribution in [0.2, 0.25) is 5.02 Å². The molecule has 0 unspecified atom stereocenters. The summed E-state index contributed by atoms with van der Waals surface area (Å²) in [6, 6.07) is 3.57. The Morgan fingerprint density at radius 2 is 1.95 bits per heavy atom. The molecule has 2 atom stereocenters. The molecule has 4 rings (SSSR count). The van der Waals surface area contributed by atoms with E-state index in [2.05, 4.69) is 15.3 Å². The third kappa shape index (κ3) is 6.61. The lowest BCUT2D eigenvalue weighted by Crippen LogP contribution is -2.38. The molecule has 2 aromatic rings. The predicted molar refractivity (Wildman–Crippen MR) is 144 cm³/mol. The Kier molecular flexibility index (Phi) is 9.29. The first kappa shape index (κ1) is 31.1. The topological polar surface area (TPSA) is 101 Å². The van der Waals surface area contributed by atoms with Crippen LogP contribution >= 0.6 is 11.6 Å². The van der Waals surface area contributed by atoms with E-state index in [0.717, 1.165) is 18.3 Å². The Morgan fingerprint density at radius 1 is 1.21 bits per heavy atom. The second-order valence-corrected chi connectivity index (χ2v) is 10.3. The average molecular weight is 614 g/mol. The summed E-state index contributed by atoms with van der Waals surface area (Å²) in [6.07, 6.45) is -0.698. The molecular weight excluding hydrogens is 588 g/mol. The number of fused-ring (bicyclic) bond motifs is 2. The summed E-state index contributed by atoms with van der Waals surface area (Å²) in [5, 5.41) is 2.03. The lowest BCUT2D eigenvalue weighted by atomic mass is 9.91. The molecule has 1 aromatic carbocycles. The van der Waals surface area contributed by atoms with Gasteiger partial charge in [0.25, 0.3) is 0 Å². The number of hydrogen-bond donors (Lipinski definition) is 2. The van der Waals surface area contributed by atoms with Gasteiger partial charge in [-0.3, -0.25) is 14.6 Å². The first-order valence-corrected chi connectivity index (χ1v) is 13.3. The SMILES string of the molecule is C[C@@H]1CCC[C@H](N2CCC(c3c(C(F)(F)F)ccc(Cl)c3F)=CC2=O)c2cc(ccn2)C(=NC(F)F)C(=CN)NC1=O. The van der Waals surface area contributed by atoms with Gasteiger partial charge >= 0.3 is 12.7 Å². The molecule has 0 saturated carbocycles. The summed E-state index contributed by atoms with van der Waals surface area (Å²) in [5.41, 5.74) is 3.49. The summed E-state index contributed by atoms with van der Waals surface area (Å²) in [4.78, 5) is 35.2. The van der Waals surface area contributed by atoms with Crippen molar-refractivity contribution >= 4 is 34.7 Å². The minimum atomic E-state index is -4.89. The predicted octanol–water partition coefficient (Wildman–Crippen LogP) is 6.00. The Morgan fingerprint density at radius 3 is 2.60 bits per heavy atom. The monoisotopic (exact) mass is 613 g/mol. The number of aliphatic imine (C=N–C) groups is 1. The molecule has 1 aromatic heterocycles. The van der Waals surface area contributed by atoms with E-state index < -0.39 is 58.5 Å². The molecule has 0 aliphatic carbocycles. The summed E-state index contributed by atoms with van der Waals surface area (Å²) < 4.78 is 82.8. The number of aromatic nitrogens is 1. The van der Waals surface area contributed by atoms with Crippen molar-refractivity contribution in [3.05, 3.63) is 81.7 Å². The van der Waals surface area contributed by atoms with E-state index in [1.54, 1.807) is 6.92 Å². The fourth-order valence-electron chi connectivity index (χ4n) is 5.09. The number of nitrogens with two attached hydrogens (primary N) is 1. The minimum absolute atomic E-state index is 0.0908. The van der Waals surface area contributed by atoms with Crippen molar-refractivity contribution in [1.82, 2.24) is 15.2 Å². The van der Waals surface area contributed by atoms with Gasteiger partial charge in [-0.05, 0) is 49.1 Å². The van der Waals surface area contributed by atoms with Crippen LogP contribution in [0.5, 0.6) is 0 Å². The molecule has 3 heterocycles. The van der Waals surface area contributed by atoms with Crippen molar-refractivity contribution in [2.24, 2.45) is 16.6 Å². The molecule has 0 saturated heterocycles. The van der Waals surface area contributed by atoms with Gasteiger partial charge in [0.1, 0.15) is 5.82 Å². The zero-order chi connectivity index (χ0) is 30.8. The number of alkyl halides is 5. The number of carbonyl (C=O) groups excluding carboxylic acids is 2. The Labute approximate surface area is 242 Å². The second kappa shape index (κ2) is 12.6. The number of benzene rings is 1. The van der Waals surface area contributed by atoms with Crippen LogP contribution in [0.15, 0.2) is 53.4 Å². The molecule has 2 aliphatic rings. The zero-order valence-electron chi connectivity index (χ0n) is 22.2. The molecule has 2 bridgehead atoms. The van der Waals surface area contributed by atoms with Crippen molar-refractivity contribution in [1.29, 1.82) is 0 Å². The van der Waals surface area contributed by atoms with Gasteiger partial charge in [0, 0.05) is 42.1 Å². The molecular formula is C28H26ClF6N5O2. The Hall–Kier alpha value is -3.87. The molecule has 0 spiro atoms. The number of hydrogen-bond acceptors (Lipinski definition) is 5. The third-order valence-corrected chi connectivity index (χ3v) is 7.46. The highest BCUT2D eigenvalue weighted by Crippen LogP contribution is 2.41. The number of rotatable bonds is 3. The normalized spacial score (nSPS) is 22.6. The second-order valence-electron chi connectivity index (χ2n) is 9.87. The number of amides is 2. The van der Waals surface area contributed by atoms with E-state index in [1.807, 2.05) is 0 Å². The van der Waals surface area contributed by atoms with Gasteiger partial charge in [-0.25, -0.2) is 9.38 Å². The van der Waals surface area contributed by atoms with E-state index in [9.17, 15) is 35.9 Å². The Balaban J connectivity index is 1.78. The number of halogens is 7. The van der Waals surface area contributed by atoms with Crippen LogP contribution < -0.4 is 11.1 Å². The molecule has 42 heavy (non-hydrogen) atoms. The van der Waals surface area contributed by atoms with Crippen LogP contribution in [0.25, 0.3) is 5.57 Å². The number of allylic oxidation sites excluding steroid dienone is 1. The zero-order valence-corrected chi connectivity index (χ0v) is 22.9. The lowest BCUT2D eigenvalue weighted by Gasteiger charge is -2.35. The first-order chi connectivity index (χ1) is 19.8. The largest absolute Gasteiger partial charge is 0.417 e. The van der Waals surface area contributed by atoms with Crippen molar-refractivity contribution in [2.75, 3.05) is 6.54 Å². The van der Waals surface area contributed by atoms with Gasteiger partial charge in [0.05, 0.1) is 33.7 Å². The van der Waals surface area contributed by atoms with Gasteiger partial charge in [0.2, 0.25) is 11.8 Å². The van der Waals surface area contributed by atoms with Crippen molar-refractivity contribution in [3.8, 4) is 0 Å². The van der Waals surface area contributed by atoms with Crippen LogP contribution in [0.4, 0.5) is 26.3 Å².